The molecule has 0 aromatic carbocycles. The van der Waals surface area contributed by atoms with Gasteiger partial charge >= 0.3 is 15.7 Å². The van der Waals surface area contributed by atoms with Gasteiger partial charge in [-0.3, -0.25) is 0 Å². The van der Waals surface area contributed by atoms with Gasteiger partial charge in [-0.05, 0) is 72.8 Å². The molecule has 0 amide bonds. The van der Waals surface area contributed by atoms with Crippen LogP contribution in [0.3, 0.4) is 0 Å². The third-order valence-corrected chi connectivity index (χ3v) is 6.95. The molecule has 4 heteroatoms. The first-order chi connectivity index (χ1) is 7.60. The van der Waals surface area contributed by atoms with Crippen LogP contribution in [0, 0.1) is 0 Å². The van der Waals surface area contributed by atoms with Crippen LogP contribution in [0.2, 0.25) is 0 Å². The summed E-state index contributed by atoms with van der Waals surface area (Å²) in [6.07, 6.45) is 0. The van der Waals surface area contributed by atoms with Crippen molar-refractivity contribution in [2.24, 2.45) is 0 Å². The number of hydrogen-bond acceptors (Lipinski definition) is 3. The Morgan fingerprint density at radius 2 is 1.06 bits per heavy atom. The molecular formula is C13H30AlN3. The van der Waals surface area contributed by atoms with Gasteiger partial charge in [0.05, 0.1) is 0 Å². The molecule has 1 saturated heterocycles. The van der Waals surface area contributed by atoms with Gasteiger partial charge in [-0.1, -0.05) is 0 Å². The third kappa shape index (κ3) is 4.89. The summed E-state index contributed by atoms with van der Waals surface area (Å²) < 4.78 is 5.46. The third-order valence-electron chi connectivity index (χ3n) is 3.74. The molecule has 1 rings (SSSR count). The summed E-state index contributed by atoms with van der Waals surface area (Å²) in [5.41, 5.74) is 0.627. The van der Waals surface area contributed by atoms with E-state index in [0.717, 1.165) is 0 Å². The van der Waals surface area contributed by atoms with Crippen LogP contribution in [-0.2, 0) is 0 Å². The molecule has 1 heterocycles. The van der Waals surface area contributed by atoms with Gasteiger partial charge in [0.15, 0.2) is 0 Å². The smallest absolute Gasteiger partial charge is 0.368 e. The highest BCUT2D eigenvalue weighted by Crippen LogP contribution is 2.19. The van der Waals surface area contributed by atoms with Crippen molar-refractivity contribution in [1.29, 1.82) is 0 Å². The summed E-state index contributed by atoms with van der Waals surface area (Å²) >= 11 is -0.312. The van der Waals surface area contributed by atoms with Gasteiger partial charge in [0.25, 0.3) is 0 Å². The van der Waals surface area contributed by atoms with Gasteiger partial charge in [0.2, 0.25) is 0 Å². The van der Waals surface area contributed by atoms with E-state index in [-0.39, 0.29) is 15.7 Å². The summed E-state index contributed by atoms with van der Waals surface area (Å²) in [4.78, 5) is 2.46. The molecule has 0 atom stereocenters. The maximum Gasteiger partial charge on any atom is 0.464 e. The minimum Gasteiger partial charge on any atom is -0.368 e. The molecule has 0 saturated carbocycles. The van der Waals surface area contributed by atoms with Crippen molar-refractivity contribution in [3.8, 4) is 0 Å². The van der Waals surface area contributed by atoms with Crippen LogP contribution in [0.25, 0.3) is 0 Å². The molecule has 0 spiro atoms. The fourth-order valence-electron chi connectivity index (χ4n) is 2.14. The van der Waals surface area contributed by atoms with Gasteiger partial charge < -0.3 is 12.7 Å². The number of rotatable bonds is 0. The number of nitrogens with zero attached hydrogens (tertiary/aromatic N) is 3. The van der Waals surface area contributed by atoms with E-state index in [1.807, 2.05) is 0 Å². The van der Waals surface area contributed by atoms with Crippen molar-refractivity contribution in [2.45, 2.75) is 52.6 Å². The quantitative estimate of drug-likeness (QED) is 0.606. The monoisotopic (exact) mass is 255 g/mol. The summed E-state index contributed by atoms with van der Waals surface area (Å²) in [5, 5.41) is 0. The second-order valence-electron chi connectivity index (χ2n) is 7.31. The predicted molar refractivity (Wildman–Crippen MR) is 77.6 cm³/mol. The lowest BCUT2D eigenvalue weighted by molar-refractivity contribution is 0.141. The van der Waals surface area contributed by atoms with E-state index in [4.69, 9.17) is 0 Å². The van der Waals surface area contributed by atoms with Crippen LogP contribution < -0.4 is 0 Å². The van der Waals surface area contributed by atoms with E-state index in [0.29, 0.717) is 11.1 Å². The lowest BCUT2D eigenvalue weighted by Gasteiger charge is -2.46. The van der Waals surface area contributed by atoms with Crippen molar-refractivity contribution in [3.05, 3.63) is 0 Å². The molecule has 0 aliphatic carbocycles. The minimum absolute atomic E-state index is 0.312. The largest absolute Gasteiger partial charge is 0.464 e. The lowest BCUT2D eigenvalue weighted by Crippen LogP contribution is -2.60. The molecule has 0 radical (unpaired) electrons. The second kappa shape index (κ2) is 5.59. The van der Waals surface area contributed by atoms with Crippen molar-refractivity contribution in [2.75, 3.05) is 33.2 Å². The first-order valence-corrected chi connectivity index (χ1v) is 8.06. The van der Waals surface area contributed by atoms with E-state index in [1.165, 1.54) is 26.2 Å². The molecule has 0 aromatic rings. The molecule has 3 nitrogen and oxygen atoms in total. The summed E-state index contributed by atoms with van der Waals surface area (Å²) in [6, 6.07) is 0. The van der Waals surface area contributed by atoms with Gasteiger partial charge in [-0.2, -0.15) is 0 Å². The Morgan fingerprint density at radius 1 is 0.706 bits per heavy atom. The topological polar surface area (TPSA) is 9.72 Å². The normalized spacial score (nSPS) is 23.0. The van der Waals surface area contributed by atoms with E-state index in [9.17, 15) is 0 Å². The van der Waals surface area contributed by atoms with E-state index < -0.39 is 0 Å². The summed E-state index contributed by atoms with van der Waals surface area (Å²) in [5.74, 6) is 0. The molecule has 1 aliphatic heterocycles. The van der Waals surface area contributed by atoms with Crippen LogP contribution in [0.4, 0.5) is 0 Å². The maximum absolute atomic E-state index is 2.73. The molecule has 100 valence electrons. The molecule has 1 fully saturated rings. The number of hydrogen-bond donors (Lipinski definition) is 0. The van der Waals surface area contributed by atoms with E-state index in [1.54, 1.807) is 0 Å². The zero-order valence-corrected chi connectivity index (χ0v) is 14.3. The van der Waals surface area contributed by atoms with Crippen molar-refractivity contribution in [1.82, 2.24) is 12.7 Å². The van der Waals surface area contributed by atoms with Crippen LogP contribution in [0.15, 0.2) is 0 Å². The highest BCUT2D eigenvalue weighted by atomic mass is 27.1. The fourth-order valence-corrected chi connectivity index (χ4v) is 3.96. The SMILES string of the molecule is CN1CC[N](C(C)(C)C)[AlH][N](C(C)(C)C)CC1. The molecule has 17 heavy (non-hydrogen) atoms. The Morgan fingerprint density at radius 3 is 1.35 bits per heavy atom. The predicted octanol–water partition coefficient (Wildman–Crippen LogP) is 1.40. The van der Waals surface area contributed by atoms with Gasteiger partial charge in [-0.15, -0.1) is 0 Å². The first kappa shape index (κ1) is 15.5. The fraction of sp³-hybridized carbons (Fsp3) is 1.00. The van der Waals surface area contributed by atoms with E-state index >= 15 is 0 Å². The molecular weight excluding hydrogens is 225 g/mol. The molecule has 1 aliphatic rings. The Kier molecular flexibility index (Phi) is 5.09. The zero-order valence-electron chi connectivity index (χ0n) is 12.9. The van der Waals surface area contributed by atoms with Crippen molar-refractivity contribution >= 4 is 15.7 Å². The average molecular weight is 255 g/mol. The standard InChI is InChI=1S/C13H29N3.Al.H/c1-12(2,3)14-8-10-16(7)11-9-15-13(4,5)6;;/h8-11H2,1-7H3;;/q-2;+2;. The zero-order chi connectivity index (χ0) is 13.3. The Labute approximate surface area is 114 Å². The van der Waals surface area contributed by atoms with Crippen LogP contribution in [0.1, 0.15) is 41.5 Å². The Bertz CT molecular complexity index is 218. The van der Waals surface area contributed by atoms with Crippen molar-refractivity contribution < 1.29 is 0 Å². The van der Waals surface area contributed by atoms with Crippen LogP contribution >= 0.6 is 0 Å². The average Bonchev–Trinajstić information content (AvgIpc) is 2.07. The van der Waals surface area contributed by atoms with Gasteiger partial charge in [0.1, 0.15) is 0 Å². The van der Waals surface area contributed by atoms with E-state index in [2.05, 4.69) is 61.3 Å². The van der Waals surface area contributed by atoms with Crippen LogP contribution in [0.5, 0.6) is 0 Å². The first-order valence-electron chi connectivity index (χ1n) is 6.79. The number of likely N-dealkylation sites (N-methyl/N-ethyl adjacent to an activating group) is 1. The molecule has 0 unspecified atom stereocenters. The summed E-state index contributed by atoms with van der Waals surface area (Å²) in [6.45, 7) is 19.0. The van der Waals surface area contributed by atoms with Crippen LogP contribution in [-0.4, -0.2) is 72.6 Å². The van der Waals surface area contributed by atoms with Crippen molar-refractivity contribution in [3.63, 3.8) is 0 Å². The van der Waals surface area contributed by atoms with Gasteiger partial charge in [0, 0.05) is 13.1 Å². The maximum atomic E-state index is 2.73. The summed E-state index contributed by atoms with van der Waals surface area (Å²) in [7, 11) is 2.24. The minimum atomic E-state index is -0.312. The molecule has 0 N–H and O–H groups in total. The molecule has 0 bridgehead atoms. The molecule has 0 aromatic heterocycles. The Balaban J connectivity index is 2.79. The van der Waals surface area contributed by atoms with Gasteiger partial charge in [-0.25, -0.2) is 0 Å². The second-order valence-corrected chi connectivity index (χ2v) is 9.12. The lowest BCUT2D eigenvalue weighted by atomic mass is 10.1. The Hall–Kier alpha value is 0.412. The highest BCUT2D eigenvalue weighted by Gasteiger charge is 2.32. The highest BCUT2D eigenvalue weighted by molar-refractivity contribution is 6.29.